The lowest BCUT2D eigenvalue weighted by molar-refractivity contribution is -0.118. The van der Waals surface area contributed by atoms with Gasteiger partial charge in [-0.2, -0.15) is 0 Å². The Morgan fingerprint density at radius 3 is 2.83 bits per heavy atom. The molecule has 0 aromatic heterocycles. The lowest BCUT2D eigenvalue weighted by Gasteiger charge is -2.47. The average Bonchev–Trinajstić information content (AvgIpc) is 3.06. The van der Waals surface area contributed by atoms with Crippen LogP contribution in [0.5, 0.6) is 11.5 Å². The number of likely N-dealkylation sites (tertiary alicyclic amines) is 1. The van der Waals surface area contributed by atoms with Gasteiger partial charge in [-0.3, -0.25) is 9.69 Å². The van der Waals surface area contributed by atoms with Gasteiger partial charge in [-0.1, -0.05) is 12.1 Å². The van der Waals surface area contributed by atoms with Crippen LogP contribution in [0.2, 0.25) is 0 Å². The van der Waals surface area contributed by atoms with Crippen molar-refractivity contribution in [2.24, 2.45) is 0 Å². The van der Waals surface area contributed by atoms with Gasteiger partial charge in [-0.25, -0.2) is 0 Å². The Morgan fingerprint density at radius 2 is 2.08 bits per heavy atom. The quantitative estimate of drug-likeness (QED) is 0.832. The van der Waals surface area contributed by atoms with E-state index in [4.69, 9.17) is 14.2 Å². The minimum atomic E-state index is -0.798. The van der Waals surface area contributed by atoms with Crippen LogP contribution in [0, 0.1) is 0 Å². The summed E-state index contributed by atoms with van der Waals surface area (Å²) in [6, 6.07) is 4.04. The summed E-state index contributed by atoms with van der Waals surface area (Å²) in [6.45, 7) is 0.835. The molecule has 0 bridgehead atoms. The second-order valence-corrected chi connectivity index (χ2v) is 6.85. The SMILES string of the molecule is COC1=CC(=O)C2=CCc3ccc(OC)c4c3[C@]23CCN(C)[C@]13O4. The number of hydrogen-bond acceptors (Lipinski definition) is 5. The molecule has 2 aliphatic carbocycles. The molecule has 24 heavy (non-hydrogen) atoms. The minimum Gasteiger partial charge on any atom is -0.495 e. The molecule has 1 aromatic carbocycles. The fourth-order valence-electron chi connectivity index (χ4n) is 5.19. The van der Waals surface area contributed by atoms with Gasteiger partial charge in [0.15, 0.2) is 23.0 Å². The maximum Gasteiger partial charge on any atom is 0.235 e. The number of hydrogen-bond donors (Lipinski definition) is 0. The van der Waals surface area contributed by atoms with E-state index >= 15 is 0 Å². The first-order chi connectivity index (χ1) is 11.6. The number of benzene rings is 1. The highest BCUT2D eigenvalue weighted by atomic mass is 16.6. The smallest absolute Gasteiger partial charge is 0.235 e. The van der Waals surface area contributed by atoms with Crippen LogP contribution in [-0.2, 0) is 21.4 Å². The second-order valence-electron chi connectivity index (χ2n) is 6.85. The van der Waals surface area contributed by atoms with Crippen molar-refractivity contribution in [2.75, 3.05) is 27.8 Å². The van der Waals surface area contributed by atoms with Crippen LogP contribution in [0.1, 0.15) is 17.5 Å². The highest BCUT2D eigenvalue weighted by Crippen LogP contribution is 2.67. The first-order valence-electron chi connectivity index (χ1n) is 8.22. The zero-order valence-corrected chi connectivity index (χ0v) is 14.0. The van der Waals surface area contributed by atoms with Crippen molar-refractivity contribution in [3.8, 4) is 11.5 Å². The van der Waals surface area contributed by atoms with Crippen molar-refractivity contribution in [1.29, 1.82) is 0 Å². The van der Waals surface area contributed by atoms with Gasteiger partial charge < -0.3 is 14.2 Å². The van der Waals surface area contributed by atoms with Crippen molar-refractivity contribution in [2.45, 2.75) is 24.0 Å². The van der Waals surface area contributed by atoms with Gasteiger partial charge in [0.05, 0.1) is 19.6 Å². The lowest BCUT2D eigenvalue weighted by atomic mass is 9.60. The summed E-state index contributed by atoms with van der Waals surface area (Å²) in [4.78, 5) is 15.0. The van der Waals surface area contributed by atoms with Gasteiger partial charge in [0.1, 0.15) is 0 Å². The zero-order chi connectivity index (χ0) is 16.7. The second kappa shape index (κ2) is 4.22. The highest BCUT2D eigenvalue weighted by molar-refractivity contribution is 6.09. The maximum atomic E-state index is 12.8. The molecule has 1 fully saturated rings. The Bertz CT molecular complexity index is 855. The lowest BCUT2D eigenvalue weighted by Crippen LogP contribution is -2.61. The van der Waals surface area contributed by atoms with E-state index in [1.54, 1.807) is 20.3 Å². The van der Waals surface area contributed by atoms with Gasteiger partial charge in [-0.15, -0.1) is 0 Å². The molecule has 2 aliphatic heterocycles. The van der Waals surface area contributed by atoms with Gasteiger partial charge in [0.2, 0.25) is 5.72 Å². The molecule has 5 heteroatoms. The van der Waals surface area contributed by atoms with E-state index in [1.165, 1.54) is 5.56 Å². The van der Waals surface area contributed by atoms with E-state index in [1.807, 2.05) is 13.1 Å². The van der Waals surface area contributed by atoms with Crippen LogP contribution in [0.4, 0.5) is 0 Å². The van der Waals surface area contributed by atoms with Gasteiger partial charge >= 0.3 is 0 Å². The van der Waals surface area contributed by atoms with Gasteiger partial charge in [-0.05, 0) is 31.5 Å². The van der Waals surface area contributed by atoms with E-state index in [0.717, 1.165) is 36.3 Å². The predicted molar refractivity (Wildman–Crippen MR) is 87.2 cm³/mol. The van der Waals surface area contributed by atoms with Crippen molar-refractivity contribution in [3.05, 3.63) is 46.7 Å². The van der Waals surface area contributed by atoms with Crippen molar-refractivity contribution >= 4 is 5.78 Å². The number of methoxy groups -OCH3 is 2. The predicted octanol–water partition coefficient (Wildman–Crippen LogP) is 1.95. The summed E-state index contributed by atoms with van der Waals surface area (Å²) < 4.78 is 17.8. The van der Waals surface area contributed by atoms with Crippen molar-refractivity contribution in [1.82, 2.24) is 4.90 Å². The number of ether oxygens (including phenoxy) is 3. The van der Waals surface area contributed by atoms with Crippen LogP contribution >= 0.6 is 0 Å². The third kappa shape index (κ3) is 1.21. The molecule has 0 unspecified atom stereocenters. The molecule has 2 heterocycles. The monoisotopic (exact) mass is 325 g/mol. The molecule has 1 spiro atoms. The molecule has 0 radical (unpaired) electrons. The molecule has 0 amide bonds. The normalized spacial score (nSPS) is 32.5. The molecule has 1 aromatic rings. The van der Waals surface area contributed by atoms with Crippen LogP contribution in [0.25, 0.3) is 0 Å². The van der Waals surface area contributed by atoms with Crippen molar-refractivity contribution in [3.63, 3.8) is 0 Å². The molecule has 5 nitrogen and oxygen atoms in total. The Kier molecular flexibility index (Phi) is 2.48. The topological polar surface area (TPSA) is 48.0 Å². The Labute approximate surface area is 140 Å². The number of allylic oxidation sites excluding steroid dienone is 2. The number of carbonyl (C=O) groups is 1. The number of ketones is 1. The molecular formula is C19H19NO4. The van der Waals surface area contributed by atoms with Gasteiger partial charge in [0.25, 0.3) is 0 Å². The largest absolute Gasteiger partial charge is 0.495 e. The maximum absolute atomic E-state index is 12.8. The first-order valence-corrected chi connectivity index (χ1v) is 8.22. The third-order valence-electron chi connectivity index (χ3n) is 6.11. The molecule has 4 aliphatic rings. The summed E-state index contributed by atoms with van der Waals surface area (Å²) >= 11 is 0. The Hall–Kier alpha value is -2.27. The van der Waals surface area contributed by atoms with E-state index < -0.39 is 11.1 Å². The molecule has 0 saturated carbocycles. The minimum absolute atomic E-state index is 0.0303. The zero-order valence-electron chi connectivity index (χ0n) is 14.0. The molecule has 5 rings (SSSR count). The standard InChI is InChI=1S/C19H19NO4/c1-20-9-8-18-12-6-4-11-5-7-14(22-2)17(16(11)18)24-19(18,20)15(23-3)10-13(12)21/h5-7,10H,4,8-9H2,1-3H3/t18-,19-/m0/s1. The fourth-order valence-corrected chi connectivity index (χ4v) is 5.19. The van der Waals surface area contributed by atoms with Crippen molar-refractivity contribution < 1.29 is 19.0 Å². The summed E-state index contributed by atoms with van der Waals surface area (Å²) in [7, 11) is 5.29. The van der Waals surface area contributed by atoms with E-state index in [0.29, 0.717) is 11.5 Å². The average molecular weight is 325 g/mol. The fraction of sp³-hybridized carbons (Fsp3) is 0.421. The molecule has 2 atom stereocenters. The van der Waals surface area contributed by atoms with E-state index in [2.05, 4.69) is 17.0 Å². The van der Waals surface area contributed by atoms with Crippen LogP contribution in [0.3, 0.4) is 0 Å². The van der Waals surface area contributed by atoms with Gasteiger partial charge in [0, 0.05) is 23.8 Å². The number of rotatable bonds is 2. The van der Waals surface area contributed by atoms with Crippen LogP contribution in [-0.4, -0.2) is 44.2 Å². The number of carbonyl (C=O) groups excluding carboxylic acids is 1. The first kappa shape index (κ1) is 14.1. The summed E-state index contributed by atoms with van der Waals surface area (Å²) in [5.74, 6) is 2.07. The van der Waals surface area contributed by atoms with E-state index in [-0.39, 0.29) is 5.78 Å². The highest BCUT2D eigenvalue weighted by Gasteiger charge is 2.74. The molecule has 0 N–H and O–H groups in total. The Balaban J connectivity index is 1.93. The summed E-state index contributed by atoms with van der Waals surface area (Å²) in [6.07, 6.45) is 5.24. The number of nitrogens with zero attached hydrogens (tertiary/aromatic N) is 1. The van der Waals surface area contributed by atoms with Crippen LogP contribution in [0.15, 0.2) is 35.6 Å². The Morgan fingerprint density at radius 1 is 1.25 bits per heavy atom. The summed E-state index contributed by atoms with van der Waals surface area (Å²) in [5, 5.41) is 0. The molecule has 1 saturated heterocycles. The third-order valence-corrected chi connectivity index (χ3v) is 6.11. The molecule has 124 valence electrons. The molecular weight excluding hydrogens is 306 g/mol. The van der Waals surface area contributed by atoms with Crippen LogP contribution < -0.4 is 9.47 Å². The number of likely N-dealkylation sites (N-methyl/N-ethyl adjacent to an activating group) is 1. The van der Waals surface area contributed by atoms with E-state index in [9.17, 15) is 4.79 Å². The summed E-state index contributed by atoms with van der Waals surface area (Å²) in [5.41, 5.74) is 1.85.